The molecule has 146 valence electrons. The summed E-state index contributed by atoms with van der Waals surface area (Å²) in [6, 6.07) is 11.3. The fraction of sp³-hybridized carbons (Fsp3) is 0.318. The van der Waals surface area contributed by atoms with Crippen molar-refractivity contribution >= 4 is 17.3 Å². The largest absolute Gasteiger partial charge is 0.332 e. The summed E-state index contributed by atoms with van der Waals surface area (Å²) in [5.41, 5.74) is 4.04. The van der Waals surface area contributed by atoms with E-state index in [9.17, 15) is 14.4 Å². The molecule has 3 aromatic rings. The molecular formula is C22H20N4O3. The van der Waals surface area contributed by atoms with Crippen LogP contribution >= 0.6 is 0 Å². The van der Waals surface area contributed by atoms with Crippen LogP contribution in [0, 0.1) is 0 Å². The van der Waals surface area contributed by atoms with Crippen LogP contribution in [0.5, 0.6) is 0 Å². The normalized spacial score (nSPS) is 22.1. The van der Waals surface area contributed by atoms with Gasteiger partial charge in [-0.1, -0.05) is 6.07 Å². The SMILES string of the molecule is O=C(c1ccc2c(c1)CC2)N1C[C@@H]2C[C@H]1CN2C(=O)c1cc2cccn2c(=O)[nH]1. The van der Waals surface area contributed by atoms with E-state index >= 15 is 0 Å². The van der Waals surface area contributed by atoms with Crippen molar-refractivity contribution in [2.24, 2.45) is 0 Å². The zero-order valence-electron chi connectivity index (χ0n) is 15.8. The number of likely N-dealkylation sites (tertiary alicyclic amines) is 2. The lowest BCUT2D eigenvalue weighted by atomic mass is 9.87. The van der Waals surface area contributed by atoms with Crippen LogP contribution in [-0.4, -0.2) is 56.2 Å². The van der Waals surface area contributed by atoms with Crippen LogP contribution in [-0.2, 0) is 12.8 Å². The van der Waals surface area contributed by atoms with E-state index < -0.39 is 0 Å². The number of hydrogen-bond donors (Lipinski definition) is 1. The second-order valence-corrected chi connectivity index (χ2v) is 8.23. The lowest BCUT2D eigenvalue weighted by molar-refractivity contribution is 0.0523. The number of carbonyl (C=O) groups excluding carboxylic acids is 2. The van der Waals surface area contributed by atoms with Crippen molar-refractivity contribution < 1.29 is 9.59 Å². The van der Waals surface area contributed by atoms with E-state index in [4.69, 9.17) is 0 Å². The second-order valence-electron chi connectivity index (χ2n) is 8.23. The van der Waals surface area contributed by atoms with Gasteiger partial charge in [0.05, 0.1) is 17.6 Å². The third-order valence-corrected chi connectivity index (χ3v) is 6.64. The molecule has 0 radical (unpaired) electrons. The fourth-order valence-corrected chi connectivity index (χ4v) is 4.98. The molecule has 7 heteroatoms. The van der Waals surface area contributed by atoms with Crippen molar-refractivity contribution in [3.05, 3.63) is 75.5 Å². The molecule has 1 N–H and O–H groups in total. The van der Waals surface area contributed by atoms with Gasteiger partial charge in [-0.2, -0.15) is 0 Å². The summed E-state index contributed by atoms with van der Waals surface area (Å²) < 4.78 is 1.47. The third kappa shape index (κ3) is 2.40. The molecule has 29 heavy (non-hydrogen) atoms. The van der Waals surface area contributed by atoms with Crippen molar-refractivity contribution in [1.82, 2.24) is 19.2 Å². The van der Waals surface area contributed by atoms with E-state index in [1.807, 2.05) is 17.0 Å². The molecule has 3 aliphatic rings. The number of rotatable bonds is 2. The number of nitrogens with zero attached hydrogens (tertiary/aromatic N) is 3. The Labute approximate surface area is 166 Å². The lowest BCUT2D eigenvalue weighted by Gasteiger charge is -2.34. The number of carbonyl (C=O) groups is 2. The van der Waals surface area contributed by atoms with Crippen LogP contribution in [0.4, 0.5) is 0 Å². The molecule has 2 saturated heterocycles. The minimum atomic E-state index is -0.322. The second kappa shape index (κ2) is 5.83. The maximum absolute atomic E-state index is 13.0. The highest BCUT2D eigenvalue weighted by Gasteiger charge is 2.47. The first-order valence-corrected chi connectivity index (χ1v) is 10.0. The van der Waals surface area contributed by atoms with Gasteiger partial charge < -0.3 is 14.8 Å². The molecular weight excluding hydrogens is 368 g/mol. The van der Waals surface area contributed by atoms with Crippen LogP contribution in [0.1, 0.15) is 38.4 Å². The summed E-state index contributed by atoms with van der Waals surface area (Å²) >= 11 is 0. The number of hydrogen-bond acceptors (Lipinski definition) is 3. The summed E-state index contributed by atoms with van der Waals surface area (Å²) in [7, 11) is 0. The van der Waals surface area contributed by atoms with E-state index in [2.05, 4.69) is 11.1 Å². The van der Waals surface area contributed by atoms with Crippen LogP contribution in [0.2, 0.25) is 0 Å². The van der Waals surface area contributed by atoms with Gasteiger partial charge in [-0.3, -0.25) is 14.0 Å². The molecule has 2 aliphatic heterocycles. The number of H-pyrrole nitrogens is 1. The highest BCUT2D eigenvalue weighted by Crippen LogP contribution is 2.33. The van der Waals surface area contributed by atoms with Gasteiger partial charge in [0.25, 0.3) is 11.8 Å². The molecule has 2 bridgehead atoms. The van der Waals surface area contributed by atoms with Crippen LogP contribution in [0.25, 0.3) is 5.52 Å². The fourth-order valence-electron chi connectivity index (χ4n) is 4.98. The average Bonchev–Trinajstić information content (AvgIpc) is 3.43. The van der Waals surface area contributed by atoms with E-state index in [1.54, 1.807) is 29.3 Å². The van der Waals surface area contributed by atoms with E-state index in [-0.39, 0.29) is 29.6 Å². The predicted octanol–water partition coefficient (Wildman–Crippen LogP) is 1.47. The first kappa shape index (κ1) is 16.6. The van der Waals surface area contributed by atoms with E-state index in [0.29, 0.717) is 24.3 Å². The van der Waals surface area contributed by atoms with Gasteiger partial charge in [0.1, 0.15) is 5.69 Å². The predicted molar refractivity (Wildman–Crippen MR) is 106 cm³/mol. The summed E-state index contributed by atoms with van der Waals surface area (Å²) in [4.78, 5) is 44.6. The van der Waals surface area contributed by atoms with Crippen molar-refractivity contribution in [1.29, 1.82) is 0 Å². The standard InChI is InChI=1S/C22H20N4O3/c27-20(15-6-4-13-3-5-14(13)8-15)25-11-18-9-17(25)12-26(18)21(28)19-10-16-2-1-7-24(16)22(29)23-19/h1-2,4,6-8,10,17-18H,3,5,9,11-12H2,(H,23,29)/t17-,18-/m0/s1. The summed E-state index contributed by atoms with van der Waals surface area (Å²) in [6.45, 7) is 1.05. The molecule has 0 unspecified atom stereocenters. The van der Waals surface area contributed by atoms with Crippen LogP contribution in [0.15, 0.2) is 47.4 Å². The molecule has 2 fully saturated rings. The van der Waals surface area contributed by atoms with Gasteiger partial charge in [-0.25, -0.2) is 4.79 Å². The van der Waals surface area contributed by atoms with Gasteiger partial charge >= 0.3 is 5.69 Å². The quantitative estimate of drug-likeness (QED) is 0.722. The highest BCUT2D eigenvalue weighted by molar-refractivity contribution is 5.97. The molecule has 7 nitrogen and oxygen atoms in total. The number of piperazine rings is 1. The van der Waals surface area contributed by atoms with Gasteiger partial charge in [-0.05, 0) is 60.7 Å². The monoisotopic (exact) mass is 388 g/mol. The first-order chi connectivity index (χ1) is 14.1. The Kier molecular flexibility index (Phi) is 3.33. The van der Waals surface area contributed by atoms with Crippen LogP contribution in [0.3, 0.4) is 0 Å². The summed E-state index contributed by atoms with van der Waals surface area (Å²) in [5.74, 6) is -0.117. The first-order valence-electron chi connectivity index (χ1n) is 10.0. The number of aryl methyl sites for hydroxylation is 2. The minimum absolute atomic E-state index is 0.00499. The van der Waals surface area contributed by atoms with Crippen molar-refractivity contribution in [2.75, 3.05) is 13.1 Å². The highest BCUT2D eigenvalue weighted by atomic mass is 16.2. The van der Waals surface area contributed by atoms with Gasteiger partial charge in [0.15, 0.2) is 0 Å². The van der Waals surface area contributed by atoms with Crippen molar-refractivity contribution in [3.63, 3.8) is 0 Å². The maximum Gasteiger partial charge on any atom is 0.330 e. The van der Waals surface area contributed by atoms with Crippen molar-refractivity contribution in [3.8, 4) is 0 Å². The smallest absolute Gasteiger partial charge is 0.330 e. The summed E-state index contributed by atoms with van der Waals surface area (Å²) in [6.07, 6.45) is 4.61. The Morgan fingerprint density at radius 3 is 2.38 bits per heavy atom. The zero-order valence-corrected chi connectivity index (χ0v) is 15.8. The Morgan fingerprint density at radius 2 is 1.69 bits per heavy atom. The number of amides is 2. The molecule has 0 saturated carbocycles. The maximum atomic E-state index is 13.0. The molecule has 6 rings (SSSR count). The molecule has 1 aromatic carbocycles. The number of aromatic amines is 1. The molecule has 2 amide bonds. The minimum Gasteiger partial charge on any atom is -0.332 e. The van der Waals surface area contributed by atoms with E-state index in [0.717, 1.165) is 24.8 Å². The Hall–Kier alpha value is -3.35. The van der Waals surface area contributed by atoms with Crippen LogP contribution < -0.4 is 5.69 Å². The van der Waals surface area contributed by atoms with Gasteiger partial charge in [0.2, 0.25) is 0 Å². The molecule has 2 aromatic heterocycles. The lowest BCUT2D eigenvalue weighted by Crippen LogP contribution is -2.51. The Morgan fingerprint density at radius 1 is 0.931 bits per heavy atom. The topological polar surface area (TPSA) is 77.9 Å². The number of nitrogens with one attached hydrogen (secondary N) is 1. The zero-order chi connectivity index (χ0) is 19.7. The third-order valence-electron chi connectivity index (χ3n) is 6.64. The number of aromatic nitrogens is 2. The molecule has 4 heterocycles. The van der Waals surface area contributed by atoms with E-state index in [1.165, 1.54) is 15.5 Å². The number of benzene rings is 1. The van der Waals surface area contributed by atoms with Gasteiger partial charge in [-0.15, -0.1) is 0 Å². The summed E-state index contributed by atoms with van der Waals surface area (Å²) in [5, 5.41) is 0. The number of fused-ring (bicyclic) bond motifs is 4. The Balaban J connectivity index is 1.22. The van der Waals surface area contributed by atoms with Crippen molar-refractivity contribution in [2.45, 2.75) is 31.3 Å². The molecule has 1 aliphatic carbocycles. The van der Waals surface area contributed by atoms with Gasteiger partial charge in [0, 0.05) is 24.8 Å². The average molecular weight is 388 g/mol. The molecule has 0 spiro atoms. The Bertz CT molecular complexity index is 1240. The molecule has 2 atom stereocenters.